The van der Waals surface area contributed by atoms with Gasteiger partial charge in [-0.2, -0.15) is 0 Å². The molecule has 0 aliphatic heterocycles. The van der Waals surface area contributed by atoms with Gasteiger partial charge in [0.15, 0.2) is 0 Å². The average molecular weight is 271 g/mol. The summed E-state index contributed by atoms with van der Waals surface area (Å²) in [6, 6.07) is 5.05. The van der Waals surface area contributed by atoms with E-state index in [4.69, 9.17) is 16.3 Å². The van der Waals surface area contributed by atoms with E-state index in [-0.39, 0.29) is 5.91 Å². The fourth-order valence-corrected chi connectivity index (χ4v) is 1.82. The number of rotatable bonds is 6. The van der Waals surface area contributed by atoms with Crippen LogP contribution in [0, 0.1) is 0 Å². The van der Waals surface area contributed by atoms with E-state index in [9.17, 15) is 4.79 Å². The van der Waals surface area contributed by atoms with Crippen LogP contribution in [0.5, 0.6) is 5.75 Å². The van der Waals surface area contributed by atoms with Crippen molar-refractivity contribution in [2.75, 3.05) is 34.3 Å². The van der Waals surface area contributed by atoms with Gasteiger partial charge in [-0.1, -0.05) is 11.6 Å². The number of carbonyl (C=O) groups is 1. The number of nitrogens with zero attached hydrogens (tertiary/aromatic N) is 1. The van der Waals surface area contributed by atoms with Crippen molar-refractivity contribution >= 4 is 17.5 Å². The summed E-state index contributed by atoms with van der Waals surface area (Å²) in [6.45, 7) is 1.57. The number of hydrogen-bond acceptors (Lipinski definition) is 3. The van der Waals surface area contributed by atoms with E-state index < -0.39 is 0 Å². The van der Waals surface area contributed by atoms with Gasteiger partial charge in [0, 0.05) is 18.6 Å². The minimum Gasteiger partial charge on any atom is -0.496 e. The maximum atomic E-state index is 12.2. The molecule has 0 fully saturated rings. The lowest BCUT2D eigenvalue weighted by molar-refractivity contribution is 0.0790. The Balaban J connectivity index is 2.79. The van der Waals surface area contributed by atoms with Gasteiger partial charge in [0.05, 0.1) is 12.7 Å². The summed E-state index contributed by atoms with van der Waals surface area (Å²) in [4.78, 5) is 13.9. The van der Waals surface area contributed by atoms with Gasteiger partial charge < -0.3 is 15.0 Å². The number of hydrogen-bond donors (Lipinski definition) is 1. The van der Waals surface area contributed by atoms with Crippen molar-refractivity contribution in [1.82, 2.24) is 10.2 Å². The number of carbonyl (C=O) groups excluding carboxylic acids is 1. The molecule has 1 aromatic carbocycles. The third kappa shape index (κ3) is 3.89. The number of halogens is 1. The summed E-state index contributed by atoms with van der Waals surface area (Å²) < 4.78 is 5.18. The Morgan fingerprint density at radius 3 is 2.83 bits per heavy atom. The lowest BCUT2D eigenvalue weighted by Crippen LogP contribution is -2.29. The molecule has 4 nitrogen and oxygen atoms in total. The molecule has 0 saturated carbocycles. The molecule has 5 heteroatoms. The summed E-state index contributed by atoms with van der Waals surface area (Å²) >= 11 is 5.91. The van der Waals surface area contributed by atoms with Crippen LogP contribution >= 0.6 is 11.6 Å². The molecule has 0 heterocycles. The number of nitrogens with one attached hydrogen (secondary N) is 1. The quantitative estimate of drug-likeness (QED) is 0.805. The summed E-state index contributed by atoms with van der Waals surface area (Å²) in [7, 11) is 5.21. The number of amides is 1. The molecule has 0 aliphatic rings. The van der Waals surface area contributed by atoms with Crippen molar-refractivity contribution in [3.8, 4) is 5.75 Å². The van der Waals surface area contributed by atoms with Gasteiger partial charge in [0.1, 0.15) is 5.75 Å². The fourth-order valence-electron chi connectivity index (χ4n) is 1.65. The lowest BCUT2D eigenvalue weighted by Gasteiger charge is -2.18. The summed E-state index contributed by atoms with van der Waals surface area (Å²) in [6.07, 6.45) is 0.904. The van der Waals surface area contributed by atoms with Crippen LogP contribution in [0.3, 0.4) is 0 Å². The van der Waals surface area contributed by atoms with Gasteiger partial charge in [-0.25, -0.2) is 0 Å². The Morgan fingerprint density at radius 2 is 2.22 bits per heavy atom. The molecule has 0 aromatic heterocycles. The molecule has 1 amide bonds. The van der Waals surface area contributed by atoms with Crippen LogP contribution in [0.1, 0.15) is 16.8 Å². The van der Waals surface area contributed by atoms with Crippen molar-refractivity contribution in [2.45, 2.75) is 6.42 Å². The van der Waals surface area contributed by atoms with Crippen LogP contribution in [0.4, 0.5) is 0 Å². The first-order chi connectivity index (χ1) is 8.60. The van der Waals surface area contributed by atoms with E-state index >= 15 is 0 Å². The second-order valence-electron chi connectivity index (χ2n) is 4.03. The molecule has 0 radical (unpaired) electrons. The van der Waals surface area contributed by atoms with E-state index in [0.717, 1.165) is 13.0 Å². The van der Waals surface area contributed by atoms with Crippen molar-refractivity contribution in [2.24, 2.45) is 0 Å². The molecule has 0 unspecified atom stereocenters. The SMILES string of the molecule is CNCCCN(C)C(=O)c1cc(Cl)ccc1OC. The van der Waals surface area contributed by atoms with E-state index in [2.05, 4.69) is 5.32 Å². The second-order valence-corrected chi connectivity index (χ2v) is 4.46. The fraction of sp³-hybridized carbons (Fsp3) is 0.462. The molecule has 0 saturated heterocycles. The van der Waals surface area contributed by atoms with E-state index in [1.165, 1.54) is 0 Å². The monoisotopic (exact) mass is 270 g/mol. The zero-order valence-corrected chi connectivity index (χ0v) is 11.8. The van der Waals surface area contributed by atoms with Crippen LogP contribution in [-0.2, 0) is 0 Å². The predicted molar refractivity (Wildman–Crippen MR) is 73.5 cm³/mol. The molecule has 100 valence electrons. The van der Waals surface area contributed by atoms with E-state index in [1.54, 1.807) is 37.3 Å². The Kier molecular flexibility index (Phi) is 5.95. The highest BCUT2D eigenvalue weighted by molar-refractivity contribution is 6.31. The lowest BCUT2D eigenvalue weighted by atomic mass is 10.1. The third-order valence-electron chi connectivity index (χ3n) is 2.66. The smallest absolute Gasteiger partial charge is 0.257 e. The van der Waals surface area contributed by atoms with E-state index in [0.29, 0.717) is 22.9 Å². The maximum absolute atomic E-state index is 12.2. The Bertz CT molecular complexity index is 410. The van der Waals surface area contributed by atoms with Crippen molar-refractivity contribution in [3.05, 3.63) is 28.8 Å². The van der Waals surface area contributed by atoms with Crippen LogP contribution in [0.25, 0.3) is 0 Å². The number of ether oxygens (including phenoxy) is 1. The van der Waals surface area contributed by atoms with Crippen molar-refractivity contribution in [3.63, 3.8) is 0 Å². The Hall–Kier alpha value is -1.26. The Morgan fingerprint density at radius 1 is 1.50 bits per heavy atom. The summed E-state index contributed by atoms with van der Waals surface area (Å²) in [5.41, 5.74) is 0.497. The zero-order valence-electron chi connectivity index (χ0n) is 11.0. The molecule has 0 aliphatic carbocycles. The molecular formula is C13H19ClN2O2. The molecular weight excluding hydrogens is 252 g/mol. The van der Waals surface area contributed by atoms with Crippen molar-refractivity contribution < 1.29 is 9.53 Å². The first-order valence-electron chi connectivity index (χ1n) is 5.83. The molecule has 1 N–H and O–H groups in total. The first kappa shape index (κ1) is 14.8. The highest BCUT2D eigenvalue weighted by Gasteiger charge is 2.16. The normalized spacial score (nSPS) is 10.2. The molecule has 0 bridgehead atoms. The standard InChI is InChI=1S/C13H19ClN2O2/c1-15-7-4-8-16(2)13(17)11-9-10(14)5-6-12(11)18-3/h5-6,9,15H,4,7-8H2,1-3H3. The molecule has 18 heavy (non-hydrogen) atoms. The van der Waals surface area contributed by atoms with Crippen LogP contribution in [0.15, 0.2) is 18.2 Å². The predicted octanol–water partition coefficient (Wildman–Crippen LogP) is 2.03. The minimum absolute atomic E-state index is 0.0783. The van der Waals surface area contributed by atoms with Crippen LogP contribution < -0.4 is 10.1 Å². The minimum atomic E-state index is -0.0783. The van der Waals surface area contributed by atoms with Gasteiger partial charge in [-0.3, -0.25) is 4.79 Å². The average Bonchev–Trinajstić information content (AvgIpc) is 2.38. The van der Waals surface area contributed by atoms with Gasteiger partial charge in [0.25, 0.3) is 5.91 Å². The molecule has 1 rings (SSSR count). The van der Waals surface area contributed by atoms with Crippen LogP contribution in [-0.4, -0.2) is 45.1 Å². The molecule has 0 spiro atoms. The number of methoxy groups -OCH3 is 1. The largest absolute Gasteiger partial charge is 0.496 e. The van der Waals surface area contributed by atoms with Gasteiger partial charge in [-0.15, -0.1) is 0 Å². The molecule has 0 atom stereocenters. The molecule has 1 aromatic rings. The Labute approximate surface area is 113 Å². The zero-order chi connectivity index (χ0) is 13.5. The highest BCUT2D eigenvalue weighted by Crippen LogP contribution is 2.23. The second kappa shape index (κ2) is 7.24. The van der Waals surface area contributed by atoms with Gasteiger partial charge in [0.2, 0.25) is 0 Å². The maximum Gasteiger partial charge on any atom is 0.257 e. The van der Waals surface area contributed by atoms with Crippen LogP contribution in [0.2, 0.25) is 5.02 Å². The highest BCUT2D eigenvalue weighted by atomic mass is 35.5. The van der Waals surface area contributed by atoms with Crippen molar-refractivity contribution in [1.29, 1.82) is 0 Å². The number of benzene rings is 1. The van der Waals surface area contributed by atoms with E-state index in [1.807, 2.05) is 7.05 Å². The topological polar surface area (TPSA) is 41.6 Å². The van der Waals surface area contributed by atoms with Gasteiger partial charge >= 0.3 is 0 Å². The summed E-state index contributed by atoms with van der Waals surface area (Å²) in [5, 5.41) is 3.58. The van der Waals surface area contributed by atoms with Gasteiger partial charge in [-0.05, 0) is 38.2 Å². The first-order valence-corrected chi connectivity index (χ1v) is 6.21. The summed E-state index contributed by atoms with van der Waals surface area (Å²) in [5.74, 6) is 0.468. The third-order valence-corrected chi connectivity index (χ3v) is 2.89.